The van der Waals surface area contributed by atoms with Crippen molar-refractivity contribution in [1.29, 1.82) is 0 Å². The summed E-state index contributed by atoms with van der Waals surface area (Å²) in [5.41, 5.74) is 5.10. The molecule has 2 rings (SSSR count). The minimum Gasteiger partial charge on any atom is -0.469 e. The van der Waals surface area contributed by atoms with Crippen LogP contribution in [0, 0.1) is 20.8 Å². The van der Waals surface area contributed by atoms with Crippen molar-refractivity contribution >= 4 is 0 Å². The standard InChI is InChI=1S/C15H19NO/c1-10-5-6-13(7-11(10)2)15(16-4)14-8-12(3)17-9-14/h5-9,15-16H,1-4H3. The second kappa shape index (κ2) is 4.76. The van der Waals surface area contributed by atoms with E-state index in [1.165, 1.54) is 22.3 Å². The highest BCUT2D eigenvalue weighted by Gasteiger charge is 2.14. The van der Waals surface area contributed by atoms with Gasteiger partial charge in [0.05, 0.1) is 12.3 Å². The van der Waals surface area contributed by atoms with Gasteiger partial charge < -0.3 is 9.73 Å². The van der Waals surface area contributed by atoms with Gasteiger partial charge in [-0.2, -0.15) is 0 Å². The number of furan rings is 1. The number of benzene rings is 1. The van der Waals surface area contributed by atoms with Crippen LogP contribution in [0.2, 0.25) is 0 Å². The smallest absolute Gasteiger partial charge is 0.101 e. The van der Waals surface area contributed by atoms with E-state index >= 15 is 0 Å². The molecule has 1 unspecified atom stereocenters. The average Bonchev–Trinajstić information content (AvgIpc) is 2.71. The third kappa shape index (κ3) is 2.42. The number of nitrogens with one attached hydrogen (secondary N) is 1. The third-order valence-corrected chi connectivity index (χ3v) is 3.24. The van der Waals surface area contributed by atoms with E-state index in [-0.39, 0.29) is 6.04 Å². The molecule has 0 fully saturated rings. The topological polar surface area (TPSA) is 25.2 Å². The minimum absolute atomic E-state index is 0.201. The van der Waals surface area contributed by atoms with Crippen molar-refractivity contribution < 1.29 is 4.42 Å². The zero-order valence-corrected chi connectivity index (χ0v) is 10.9. The largest absolute Gasteiger partial charge is 0.469 e. The van der Waals surface area contributed by atoms with Crippen molar-refractivity contribution in [2.75, 3.05) is 7.05 Å². The first-order valence-corrected chi connectivity index (χ1v) is 5.91. The molecule has 0 saturated heterocycles. The summed E-state index contributed by atoms with van der Waals surface area (Å²) >= 11 is 0. The van der Waals surface area contributed by atoms with E-state index in [1.54, 1.807) is 0 Å². The van der Waals surface area contributed by atoms with Gasteiger partial charge in [0.1, 0.15) is 5.76 Å². The molecule has 90 valence electrons. The van der Waals surface area contributed by atoms with Gasteiger partial charge in [0.15, 0.2) is 0 Å². The summed E-state index contributed by atoms with van der Waals surface area (Å²) in [6.07, 6.45) is 1.83. The van der Waals surface area contributed by atoms with E-state index < -0.39 is 0 Å². The summed E-state index contributed by atoms with van der Waals surface area (Å²) in [6.45, 7) is 6.25. The average molecular weight is 229 g/mol. The predicted octanol–water partition coefficient (Wildman–Crippen LogP) is 3.51. The Morgan fingerprint density at radius 2 is 1.76 bits per heavy atom. The highest BCUT2D eigenvalue weighted by Crippen LogP contribution is 2.25. The molecule has 2 aromatic rings. The highest BCUT2D eigenvalue weighted by molar-refractivity contribution is 5.36. The van der Waals surface area contributed by atoms with Crippen LogP contribution >= 0.6 is 0 Å². The molecule has 0 amide bonds. The predicted molar refractivity (Wildman–Crippen MR) is 70.3 cm³/mol. The number of hydrogen-bond donors (Lipinski definition) is 1. The van der Waals surface area contributed by atoms with Crippen LogP contribution < -0.4 is 5.32 Å². The van der Waals surface area contributed by atoms with Gasteiger partial charge in [-0.15, -0.1) is 0 Å². The normalized spacial score (nSPS) is 12.7. The van der Waals surface area contributed by atoms with Crippen LogP contribution in [-0.4, -0.2) is 7.05 Å². The molecular weight excluding hydrogens is 210 g/mol. The van der Waals surface area contributed by atoms with Crippen LogP contribution in [0.25, 0.3) is 0 Å². The first-order valence-electron chi connectivity index (χ1n) is 5.91. The molecule has 0 bridgehead atoms. The lowest BCUT2D eigenvalue weighted by Gasteiger charge is -2.16. The summed E-state index contributed by atoms with van der Waals surface area (Å²) in [5.74, 6) is 0.948. The second-order valence-electron chi connectivity index (χ2n) is 4.56. The van der Waals surface area contributed by atoms with Crippen molar-refractivity contribution in [3.63, 3.8) is 0 Å². The molecule has 17 heavy (non-hydrogen) atoms. The van der Waals surface area contributed by atoms with Gasteiger partial charge in [-0.25, -0.2) is 0 Å². The molecule has 2 nitrogen and oxygen atoms in total. The number of aryl methyl sites for hydroxylation is 3. The van der Waals surface area contributed by atoms with E-state index in [0.717, 1.165) is 5.76 Å². The van der Waals surface area contributed by atoms with Crippen LogP contribution in [0.1, 0.15) is 34.1 Å². The van der Waals surface area contributed by atoms with Crippen molar-refractivity contribution in [2.24, 2.45) is 0 Å². The van der Waals surface area contributed by atoms with E-state index in [9.17, 15) is 0 Å². The van der Waals surface area contributed by atoms with Crippen molar-refractivity contribution in [1.82, 2.24) is 5.32 Å². The Hall–Kier alpha value is -1.54. The van der Waals surface area contributed by atoms with Gasteiger partial charge in [-0.05, 0) is 50.6 Å². The molecule has 0 aliphatic rings. The molecule has 0 radical (unpaired) electrons. The van der Waals surface area contributed by atoms with E-state index in [4.69, 9.17) is 4.42 Å². The Morgan fingerprint density at radius 3 is 2.29 bits per heavy atom. The van der Waals surface area contributed by atoms with Crippen LogP contribution in [0.4, 0.5) is 0 Å². The lowest BCUT2D eigenvalue weighted by Crippen LogP contribution is -2.17. The van der Waals surface area contributed by atoms with E-state index in [1.807, 2.05) is 20.2 Å². The maximum atomic E-state index is 5.38. The molecule has 1 aromatic carbocycles. The molecule has 2 heteroatoms. The molecule has 1 N–H and O–H groups in total. The molecular formula is C15H19NO. The first kappa shape index (κ1) is 11.9. The first-order chi connectivity index (χ1) is 8.11. The van der Waals surface area contributed by atoms with Gasteiger partial charge in [0.25, 0.3) is 0 Å². The quantitative estimate of drug-likeness (QED) is 0.871. The fraction of sp³-hybridized carbons (Fsp3) is 0.333. The van der Waals surface area contributed by atoms with Crippen molar-refractivity contribution in [2.45, 2.75) is 26.8 Å². The van der Waals surface area contributed by atoms with Gasteiger partial charge in [-0.3, -0.25) is 0 Å². The fourth-order valence-electron chi connectivity index (χ4n) is 2.09. The Labute approximate surface area is 103 Å². The zero-order valence-electron chi connectivity index (χ0n) is 10.9. The number of rotatable bonds is 3. The molecule has 0 saturated carbocycles. The molecule has 0 spiro atoms. The summed E-state index contributed by atoms with van der Waals surface area (Å²) in [4.78, 5) is 0. The summed E-state index contributed by atoms with van der Waals surface area (Å²) in [6, 6.07) is 8.86. The maximum Gasteiger partial charge on any atom is 0.101 e. The molecule has 1 aromatic heterocycles. The minimum atomic E-state index is 0.201. The van der Waals surface area contributed by atoms with Crippen molar-refractivity contribution in [3.05, 3.63) is 58.5 Å². The molecule has 1 atom stereocenters. The van der Waals surface area contributed by atoms with Crippen molar-refractivity contribution in [3.8, 4) is 0 Å². The molecule has 0 aliphatic carbocycles. The second-order valence-corrected chi connectivity index (χ2v) is 4.56. The summed E-state index contributed by atoms with van der Waals surface area (Å²) in [5, 5.41) is 3.33. The molecule has 0 aliphatic heterocycles. The monoisotopic (exact) mass is 229 g/mol. The van der Waals surface area contributed by atoms with Crippen LogP contribution in [0.15, 0.2) is 34.9 Å². The SMILES string of the molecule is CNC(c1coc(C)c1)c1ccc(C)c(C)c1. The summed E-state index contributed by atoms with van der Waals surface area (Å²) in [7, 11) is 1.97. The third-order valence-electron chi connectivity index (χ3n) is 3.24. The number of hydrogen-bond acceptors (Lipinski definition) is 2. The Kier molecular flexibility index (Phi) is 3.34. The van der Waals surface area contributed by atoms with Crippen LogP contribution in [-0.2, 0) is 0 Å². The van der Waals surface area contributed by atoms with Crippen LogP contribution in [0.3, 0.4) is 0 Å². The summed E-state index contributed by atoms with van der Waals surface area (Å²) < 4.78 is 5.38. The van der Waals surface area contributed by atoms with Gasteiger partial charge in [0, 0.05) is 5.56 Å². The van der Waals surface area contributed by atoms with E-state index in [0.29, 0.717) is 0 Å². The van der Waals surface area contributed by atoms with Gasteiger partial charge >= 0.3 is 0 Å². The Morgan fingerprint density at radius 1 is 1.00 bits per heavy atom. The van der Waals surface area contributed by atoms with Crippen LogP contribution in [0.5, 0.6) is 0 Å². The van der Waals surface area contributed by atoms with Gasteiger partial charge in [-0.1, -0.05) is 18.2 Å². The van der Waals surface area contributed by atoms with E-state index in [2.05, 4.69) is 43.4 Å². The fourth-order valence-corrected chi connectivity index (χ4v) is 2.09. The molecule has 1 heterocycles. The Bertz CT molecular complexity index is 513. The lowest BCUT2D eigenvalue weighted by atomic mass is 9.97. The zero-order chi connectivity index (χ0) is 12.4. The Balaban J connectivity index is 2.38. The highest BCUT2D eigenvalue weighted by atomic mass is 16.3. The van der Waals surface area contributed by atoms with Gasteiger partial charge in [0.2, 0.25) is 0 Å². The lowest BCUT2D eigenvalue weighted by molar-refractivity contribution is 0.528. The maximum absolute atomic E-state index is 5.38.